The van der Waals surface area contributed by atoms with Crippen LogP contribution in [-0.4, -0.2) is 31.4 Å². The number of nitrogens with one attached hydrogen (secondary N) is 3. The summed E-state index contributed by atoms with van der Waals surface area (Å²) in [4.78, 5) is 26.3. The first-order valence-corrected chi connectivity index (χ1v) is 9.20. The number of anilines is 2. The highest BCUT2D eigenvalue weighted by molar-refractivity contribution is 6.10. The van der Waals surface area contributed by atoms with E-state index in [0.717, 1.165) is 24.7 Å². The lowest BCUT2D eigenvalue weighted by Crippen LogP contribution is -3.14. The lowest BCUT2D eigenvalue weighted by atomic mass is 9.99. The molecule has 1 aliphatic heterocycles. The number of likely N-dealkylation sites (tertiary alicyclic amines) is 1. The largest absolute Gasteiger partial charge is 0.327 e. The quantitative estimate of drug-likeness (QED) is 0.772. The topological polar surface area (TPSA) is 62.6 Å². The Hall–Kier alpha value is -2.66. The molecule has 0 unspecified atom stereocenters. The lowest BCUT2D eigenvalue weighted by molar-refractivity contribution is -0.897. The van der Waals surface area contributed by atoms with Crippen LogP contribution >= 0.6 is 0 Å². The summed E-state index contributed by atoms with van der Waals surface area (Å²) in [6.45, 7) is 4.77. The number of rotatable bonds is 5. The predicted molar refractivity (Wildman–Crippen MR) is 103 cm³/mol. The van der Waals surface area contributed by atoms with Gasteiger partial charge in [-0.3, -0.25) is 9.59 Å². The normalized spacial score (nSPS) is 19.6. The third-order valence-corrected chi connectivity index (χ3v) is 4.87. The van der Waals surface area contributed by atoms with Crippen LogP contribution in [0.15, 0.2) is 54.6 Å². The molecule has 0 aromatic heterocycles. The third kappa shape index (κ3) is 4.92. The van der Waals surface area contributed by atoms with Gasteiger partial charge >= 0.3 is 0 Å². The molecule has 5 heteroatoms. The fraction of sp³-hybridized carbons (Fsp3) is 0.333. The van der Waals surface area contributed by atoms with E-state index < -0.39 is 0 Å². The van der Waals surface area contributed by atoms with E-state index in [1.165, 1.54) is 17.7 Å². The van der Waals surface area contributed by atoms with E-state index in [9.17, 15) is 9.59 Å². The minimum Gasteiger partial charge on any atom is -0.327 e. The molecule has 0 spiro atoms. The van der Waals surface area contributed by atoms with Gasteiger partial charge in [-0.15, -0.1) is 0 Å². The van der Waals surface area contributed by atoms with Crippen molar-refractivity contribution in [1.29, 1.82) is 0 Å². The average Bonchev–Trinajstić information content (AvgIpc) is 2.65. The number of benzene rings is 2. The van der Waals surface area contributed by atoms with Crippen LogP contribution in [0.4, 0.5) is 11.4 Å². The third-order valence-electron chi connectivity index (χ3n) is 4.87. The molecule has 1 fully saturated rings. The molecule has 1 saturated heterocycles. The highest BCUT2D eigenvalue weighted by Gasteiger charge is 2.22. The molecule has 2 aromatic rings. The molecule has 0 aliphatic carbocycles. The monoisotopic (exact) mass is 352 g/mol. The van der Waals surface area contributed by atoms with E-state index in [0.29, 0.717) is 17.8 Å². The summed E-state index contributed by atoms with van der Waals surface area (Å²) in [5, 5.41) is 5.78. The molecule has 5 nitrogen and oxygen atoms in total. The second-order valence-corrected chi connectivity index (χ2v) is 7.02. The summed E-state index contributed by atoms with van der Waals surface area (Å²) in [5.41, 5.74) is 1.74. The number of hydrogen-bond donors (Lipinski definition) is 3. The van der Waals surface area contributed by atoms with E-state index in [1.807, 2.05) is 36.4 Å². The zero-order chi connectivity index (χ0) is 18.4. The molecule has 3 rings (SSSR count). The molecule has 0 atom stereocenters. The fourth-order valence-electron chi connectivity index (χ4n) is 3.28. The van der Waals surface area contributed by atoms with Crippen LogP contribution in [0.3, 0.4) is 0 Å². The van der Waals surface area contributed by atoms with Crippen molar-refractivity contribution >= 4 is 23.2 Å². The van der Waals surface area contributed by atoms with Gasteiger partial charge in [-0.2, -0.15) is 0 Å². The van der Waals surface area contributed by atoms with Crippen LogP contribution < -0.4 is 15.5 Å². The molecule has 0 saturated carbocycles. The van der Waals surface area contributed by atoms with E-state index in [2.05, 4.69) is 17.6 Å². The highest BCUT2D eigenvalue weighted by Crippen LogP contribution is 2.17. The molecule has 3 N–H and O–H groups in total. The fourth-order valence-corrected chi connectivity index (χ4v) is 3.28. The number of carbonyl (C=O) groups is 2. The molecular formula is C21H26N3O2+. The van der Waals surface area contributed by atoms with Gasteiger partial charge in [0.25, 0.3) is 11.8 Å². The number of piperidine rings is 1. The number of carbonyl (C=O) groups excluding carboxylic acids is 2. The molecule has 0 radical (unpaired) electrons. The van der Waals surface area contributed by atoms with Gasteiger partial charge in [-0.05, 0) is 43.0 Å². The lowest BCUT2D eigenvalue weighted by Gasteiger charge is -2.26. The van der Waals surface area contributed by atoms with E-state index in [1.54, 1.807) is 18.2 Å². The van der Waals surface area contributed by atoms with Crippen molar-refractivity contribution < 1.29 is 14.5 Å². The van der Waals surface area contributed by atoms with Gasteiger partial charge < -0.3 is 15.5 Å². The first kappa shape index (κ1) is 18.1. The Kier molecular flexibility index (Phi) is 6.02. The maximum Gasteiger partial charge on any atom is 0.279 e. The summed E-state index contributed by atoms with van der Waals surface area (Å²) in [6, 6.07) is 16.4. The molecule has 0 bridgehead atoms. The summed E-state index contributed by atoms with van der Waals surface area (Å²) in [6.07, 6.45) is 2.33. The maximum absolute atomic E-state index is 12.6. The standard InChI is InChI=1S/C21H25N3O2/c1-16-11-13-24(14-12-16)15-20(25)23-19-10-6-5-9-18(19)21(26)22-17-7-3-2-4-8-17/h2-10,16H,11-15H2,1H3,(H,22,26)(H,23,25)/p+1. The van der Waals surface area contributed by atoms with Gasteiger partial charge in [-0.25, -0.2) is 0 Å². The SMILES string of the molecule is CC1CC[NH+](CC(=O)Nc2ccccc2C(=O)Nc2ccccc2)CC1. The Bertz CT molecular complexity index is 753. The minimum absolute atomic E-state index is 0.0467. The van der Waals surface area contributed by atoms with Crippen molar-refractivity contribution in [2.75, 3.05) is 30.3 Å². The van der Waals surface area contributed by atoms with Gasteiger partial charge in [-0.1, -0.05) is 37.3 Å². The van der Waals surface area contributed by atoms with Crippen LogP contribution in [-0.2, 0) is 4.79 Å². The Morgan fingerprint density at radius 3 is 2.35 bits per heavy atom. The Balaban J connectivity index is 1.63. The van der Waals surface area contributed by atoms with Crippen LogP contribution in [0.25, 0.3) is 0 Å². The van der Waals surface area contributed by atoms with Gasteiger partial charge in [0, 0.05) is 5.69 Å². The minimum atomic E-state index is -0.230. The van der Waals surface area contributed by atoms with Crippen molar-refractivity contribution in [2.45, 2.75) is 19.8 Å². The second-order valence-electron chi connectivity index (χ2n) is 7.02. The Labute approximate surface area is 154 Å². The molecule has 26 heavy (non-hydrogen) atoms. The maximum atomic E-state index is 12.6. The van der Waals surface area contributed by atoms with Crippen LogP contribution in [0.1, 0.15) is 30.1 Å². The number of amides is 2. The Morgan fingerprint density at radius 1 is 0.962 bits per heavy atom. The number of hydrogen-bond acceptors (Lipinski definition) is 2. The van der Waals surface area contributed by atoms with E-state index >= 15 is 0 Å². The van der Waals surface area contributed by atoms with Crippen molar-refractivity contribution in [3.8, 4) is 0 Å². The molecule has 136 valence electrons. The summed E-state index contributed by atoms with van der Waals surface area (Å²) < 4.78 is 0. The van der Waals surface area contributed by atoms with E-state index in [4.69, 9.17) is 0 Å². The zero-order valence-corrected chi connectivity index (χ0v) is 15.1. The highest BCUT2D eigenvalue weighted by atomic mass is 16.2. The summed E-state index contributed by atoms with van der Waals surface area (Å²) in [7, 11) is 0. The first-order chi connectivity index (χ1) is 12.6. The predicted octanol–water partition coefficient (Wildman–Crippen LogP) is 2.19. The molecule has 2 amide bonds. The van der Waals surface area contributed by atoms with Gasteiger partial charge in [0.15, 0.2) is 6.54 Å². The van der Waals surface area contributed by atoms with E-state index in [-0.39, 0.29) is 11.8 Å². The average molecular weight is 352 g/mol. The molecule has 1 aliphatic rings. The second kappa shape index (κ2) is 8.63. The summed E-state index contributed by atoms with van der Waals surface area (Å²) in [5.74, 6) is 0.477. The first-order valence-electron chi connectivity index (χ1n) is 9.20. The van der Waals surface area contributed by atoms with Crippen molar-refractivity contribution in [3.63, 3.8) is 0 Å². The van der Waals surface area contributed by atoms with Crippen LogP contribution in [0.2, 0.25) is 0 Å². The van der Waals surface area contributed by atoms with Gasteiger partial charge in [0.2, 0.25) is 0 Å². The summed E-state index contributed by atoms with van der Waals surface area (Å²) >= 11 is 0. The van der Waals surface area contributed by atoms with Gasteiger partial charge in [0.1, 0.15) is 0 Å². The van der Waals surface area contributed by atoms with Crippen LogP contribution in [0, 0.1) is 5.92 Å². The van der Waals surface area contributed by atoms with Gasteiger partial charge in [0.05, 0.1) is 24.3 Å². The number of para-hydroxylation sites is 2. The van der Waals surface area contributed by atoms with Crippen molar-refractivity contribution in [3.05, 3.63) is 60.2 Å². The molecule has 2 aromatic carbocycles. The molecular weight excluding hydrogens is 326 g/mol. The van der Waals surface area contributed by atoms with Crippen LogP contribution in [0.5, 0.6) is 0 Å². The zero-order valence-electron chi connectivity index (χ0n) is 15.1. The van der Waals surface area contributed by atoms with Crippen molar-refractivity contribution in [2.24, 2.45) is 5.92 Å². The van der Waals surface area contributed by atoms with Crippen molar-refractivity contribution in [1.82, 2.24) is 0 Å². The molecule has 1 heterocycles. The number of quaternary nitrogens is 1. The smallest absolute Gasteiger partial charge is 0.279 e. The Morgan fingerprint density at radius 2 is 1.62 bits per heavy atom.